The average molecular weight is 502 g/mol. The van der Waals surface area contributed by atoms with Gasteiger partial charge in [-0.1, -0.05) is 30.3 Å². The summed E-state index contributed by atoms with van der Waals surface area (Å²) in [6.07, 6.45) is 2.22. The van der Waals surface area contributed by atoms with Gasteiger partial charge in [-0.05, 0) is 42.5 Å². The van der Waals surface area contributed by atoms with Crippen LogP contribution < -0.4 is 0 Å². The van der Waals surface area contributed by atoms with Crippen LogP contribution in [0.2, 0.25) is 0 Å². The van der Waals surface area contributed by atoms with E-state index in [0.29, 0.717) is 45.1 Å². The molecule has 3 atom stereocenters. The normalized spacial score (nSPS) is 24.5. The van der Waals surface area contributed by atoms with Crippen molar-refractivity contribution in [3.8, 4) is 11.1 Å². The summed E-state index contributed by atoms with van der Waals surface area (Å²) in [5.74, 6) is 0.515. The molecule has 3 unspecified atom stereocenters. The number of carbonyl (C=O) groups excluding carboxylic acids is 2. The number of hydrogen-bond acceptors (Lipinski definition) is 6. The number of nitrogens with zero attached hydrogens (tertiary/aromatic N) is 5. The van der Waals surface area contributed by atoms with Gasteiger partial charge in [0.1, 0.15) is 11.9 Å². The molecule has 4 heterocycles. The SMILES string of the molecule is CC(O)C(=O)N1CCC(CN2C(=O)C3(CCOC3)N=C2c2ccc(-c3ccc4c(cnn4C)c3)cc2)C1. The number of fused-ring (bicyclic) bond motifs is 1. The zero-order valence-electron chi connectivity index (χ0n) is 21.1. The molecule has 1 spiro atoms. The molecular weight excluding hydrogens is 470 g/mol. The Morgan fingerprint density at radius 1 is 1.19 bits per heavy atom. The highest BCUT2D eigenvalue weighted by Gasteiger charge is 2.51. The van der Waals surface area contributed by atoms with E-state index >= 15 is 0 Å². The van der Waals surface area contributed by atoms with Crippen molar-refractivity contribution in [1.29, 1.82) is 0 Å². The summed E-state index contributed by atoms with van der Waals surface area (Å²) in [5, 5.41) is 15.1. The fourth-order valence-electron chi connectivity index (χ4n) is 5.72. The van der Waals surface area contributed by atoms with Gasteiger partial charge in [0.2, 0.25) is 0 Å². The lowest BCUT2D eigenvalue weighted by Crippen LogP contribution is -2.45. The molecule has 9 nitrogen and oxygen atoms in total. The zero-order chi connectivity index (χ0) is 25.7. The van der Waals surface area contributed by atoms with Gasteiger partial charge in [0.05, 0.1) is 18.3 Å². The van der Waals surface area contributed by atoms with E-state index in [-0.39, 0.29) is 17.7 Å². The molecule has 0 radical (unpaired) electrons. The van der Waals surface area contributed by atoms with Crippen LogP contribution in [0, 0.1) is 5.92 Å². The van der Waals surface area contributed by atoms with Crippen LogP contribution in [0.15, 0.2) is 53.7 Å². The second kappa shape index (κ2) is 9.08. The molecule has 192 valence electrons. The fourth-order valence-corrected chi connectivity index (χ4v) is 5.72. The van der Waals surface area contributed by atoms with Gasteiger partial charge in [0.15, 0.2) is 5.54 Å². The molecule has 3 aliphatic rings. The van der Waals surface area contributed by atoms with Crippen molar-refractivity contribution in [2.75, 3.05) is 32.8 Å². The van der Waals surface area contributed by atoms with Crippen LogP contribution in [-0.2, 0) is 21.4 Å². The lowest BCUT2D eigenvalue weighted by Gasteiger charge is -2.25. The predicted octanol–water partition coefficient (Wildman–Crippen LogP) is 2.22. The van der Waals surface area contributed by atoms with Gasteiger partial charge in [0, 0.05) is 50.7 Å². The largest absolute Gasteiger partial charge is 0.384 e. The first-order chi connectivity index (χ1) is 17.8. The molecule has 2 aromatic carbocycles. The summed E-state index contributed by atoms with van der Waals surface area (Å²) >= 11 is 0. The van der Waals surface area contributed by atoms with Crippen molar-refractivity contribution in [3.63, 3.8) is 0 Å². The molecule has 6 rings (SSSR count). The monoisotopic (exact) mass is 501 g/mol. The van der Waals surface area contributed by atoms with Gasteiger partial charge in [-0.3, -0.25) is 19.2 Å². The van der Waals surface area contributed by atoms with Crippen molar-refractivity contribution in [3.05, 3.63) is 54.2 Å². The van der Waals surface area contributed by atoms with E-state index in [1.54, 1.807) is 9.80 Å². The summed E-state index contributed by atoms with van der Waals surface area (Å²) in [6.45, 7) is 3.92. The minimum atomic E-state index is -1.01. The number of amides is 2. The first kappa shape index (κ1) is 23.8. The number of aromatic nitrogens is 2. The number of aliphatic hydroxyl groups excluding tert-OH is 1. The summed E-state index contributed by atoms with van der Waals surface area (Å²) in [4.78, 5) is 34.3. The van der Waals surface area contributed by atoms with Crippen molar-refractivity contribution in [2.45, 2.75) is 31.4 Å². The molecule has 0 aliphatic carbocycles. The van der Waals surface area contributed by atoms with E-state index in [1.165, 1.54) is 6.92 Å². The van der Waals surface area contributed by atoms with Crippen LogP contribution in [0.3, 0.4) is 0 Å². The Morgan fingerprint density at radius 2 is 1.95 bits per heavy atom. The van der Waals surface area contributed by atoms with Gasteiger partial charge < -0.3 is 14.7 Å². The third kappa shape index (κ3) is 4.12. The van der Waals surface area contributed by atoms with Gasteiger partial charge in [-0.2, -0.15) is 5.10 Å². The third-order valence-corrected chi connectivity index (χ3v) is 7.84. The Balaban J connectivity index is 1.26. The smallest absolute Gasteiger partial charge is 0.258 e. The summed E-state index contributed by atoms with van der Waals surface area (Å²) < 4.78 is 7.46. The summed E-state index contributed by atoms with van der Waals surface area (Å²) in [5.41, 5.74) is 3.29. The molecule has 1 N–H and O–H groups in total. The van der Waals surface area contributed by atoms with E-state index in [0.717, 1.165) is 34.0 Å². The number of benzene rings is 2. The van der Waals surface area contributed by atoms with E-state index in [9.17, 15) is 14.7 Å². The zero-order valence-corrected chi connectivity index (χ0v) is 21.1. The van der Waals surface area contributed by atoms with Crippen LogP contribution >= 0.6 is 0 Å². The van der Waals surface area contributed by atoms with Crippen molar-refractivity contribution < 1.29 is 19.4 Å². The quantitative estimate of drug-likeness (QED) is 0.578. The average Bonchev–Trinajstić information content (AvgIpc) is 3.70. The molecule has 0 bridgehead atoms. The number of aliphatic imine (C=N–C) groups is 1. The number of rotatable bonds is 5. The lowest BCUT2D eigenvalue weighted by molar-refractivity contribution is -0.138. The maximum Gasteiger partial charge on any atom is 0.258 e. The number of amidine groups is 1. The number of carbonyl (C=O) groups is 2. The molecular formula is C28H31N5O4. The summed E-state index contributed by atoms with van der Waals surface area (Å²) in [6, 6.07) is 14.5. The van der Waals surface area contributed by atoms with Crippen LogP contribution in [-0.4, -0.2) is 86.8 Å². The predicted molar refractivity (Wildman–Crippen MR) is 139 cm³/mol. The number of aliphatic hydroxyl groups is 1. The molecule has 2 saturated heterocycles. The molecule has 0 saturated carbocycles. The highest BCUT2D eigenvalue weighted by atomic mass is 16.5. The molecule has 9 heteroatoms. The maximum atomic E-state index is 13.6. The fraction of sp³-hybridized carbons (Fsp3) is 0.429. The van der Waals surface area contributed by atoms with Crippen LogP contribution in [0.25, 0.3) is 22.0 Å². The first-order valence-corrected chi connectivity index (χ1v) is 12.8. The Morgan fingerprint density at radius 3 is 2.68 bits per heavy atom. The Labute approximate surface area is 215 Å². The lowest BCUT2D eigenvalue weighted by atomic mass is 9.98. The van der Waals surface area contributed by atoms with Crippen molar-refractivity contribution >= 4 is 28.6 Å². The summed E-state index contributed by atoms with van der Waals surface area (Å²) in [7, 11) is 1.93. The maximum absolute atomic E-state index is 13.6. The topological polar surface area (TPSA) is 100 Å². The van der Waals surface area contributed by atoms with E-state index in [4.69, 9.17) is 9.73 Å². The molecule has 3 aliphatic heterocycles. The second-order valence-corrected chi connectivity index (χ2v) is 10.4. The van der Waals surface area contributed by atoms with E-state index in [2.05, 4.69) is 35.4 Å². The van der Waals surface area contributed by atoms with E-state index < -0.39 is 11.6 Å². The minimum absolute atomic E-state index is 0.0218. The molecule has 1 aromatic heterocycles. The van der Waals surface area contributed by atoms with Crippen LogP contribution in [0.1, 0.15) is 25.3 Å². The molecule has 3 aromatic rings. The first-order valence-electron chi connectivity index (χ1n) is 12.8. The molecule has 2 fully saturated rings. The minimum Gasteiger partial charge on any atom is -0.384 e. The highest BCUT2D eigenvalue weighted by molar-refractivity contribution is 6.15. The number of likely N-dealkylation sites (tertiary alicyclic amines) is 1. The number of hydrogen-bond donors (Lipinski definition) is 1. The van der Waals surface area contributed by atoms with Crippen molar-refractivity contribution in [2.24, 2.45) is 18.0 Å². The van der Waals surface area contributed by atoms with Gasteiger partial charge in [-0.15, -0.1) is 0 Å². The van der Waals surface area contributed by atoms with Crippen molar-refractivity contribution in [1.82, 2.24) is 19.6 Å². The van der Waals surface area contributed by atoms with Crippen LogP contribution in [0.5, 0.6) is 0 Å². The molecule has 2 amide bonds. The number of aryl methyl sites for hydroxylation is 1. The Kier molecular flexibility index (Phi) is 5.84. The Bertz CT molecular complexity index is 1390. The van der Waals surface area contributed by atoms with Gasteiger partial charge >= 0.3 is 0 Å². The Hall–Kier alpha value is -3.56. The standard InChI is InChI=1S/C28H31N5O4/c1-18(34)26(35)32-11-9-19(15-32)16-33-25(30-28(27(33)36)10-12-37-17-28)21-5-3-20(4-6-21)22-7-8-24-23(13-22)14-29-31(24)2/h3-8,13-14,18-19,34H,9-12,15-17H2,1-2H3. The third-order valence-electron chi connectivity index (χ3n) is 7.84. The number of ether oxygens (including phenoxy) is 1. The van der Waals surface area contributed by atoms with E-state index in [1.807, 2.05) is 30.1 Å². The van der Waals surface area contributed by atoms with Gasteiger partial charge in [0.25, 0.3) is 11.8 Å². The van der Waals surface area contributed by atoms with Crippen LogP contribution in [0.4, 0.5) is 0 Å². The molecule has 37 heavy (non-hydrogen) atoms. The second-order valence-electron chi connectivity index (χ2n) is 10.4. The highest BCUT2D eigenvalue weighted by Crippen LogP contribution is 2.35. The van der Waals surface area contributed by atoms with Gasteiger partial charge in [-0.25, -0.2) is 4.99 Å².